The SMILES string of the molecule is O=C(O)C1C=CC(CCC(c2ccccc2)c2ccccc2)NC1. The van der Waals surface area contributed by atoms with Gasteiger partial charge in [0.1, 0.15) is 0 Å². The predicted molar refractivity (Wildman–Crippen MR) is 96.0 cm³/mol. The van der Waals surface area contributed by atoms with Crippen molar-refractivity contribution in [1.82, 2.24) is 5.32 Å². The maximum absolute atomic E-state index is 11.0. The van der Waals surface area contributed by atoms with E-state index in [0.717, 1.165) is 12.8 Å². The van der Waals surface area contributed by atoms with Gasteiger partial charge in [0.2, 0.25) is 0 Å². The van der Waals surface area contributed by atoms with Crippen LogP contribution in [0.25, 0.3) is 0 Å². The highest BCUT2D eigenvalue weighted by Crippen LogP contribution is 2.30. The Bertz CT molecular complexity index is 642. The molecule has 0 radical (unpaired) electrons. The summed E-state index contributed by atoms with van der Waals surface area (Å²) in [6.07, 6.45) is 5.84. The molecule has 2 aromatic carbocycles. The zero-order valence-corrected chi connectivity index (χ0v) is 13.6. The van der Waals surface area contributed by atoms with Gasteiger partial charge in [-0.15, -0.1) is 0 Å². The number of carboxylic acids is 1. The van der Waals surface area contributed by atoms with Crippen LogP contribution in [0.5, 0.6) is 0 Å². The van der Waals surface area contributed by atoms with Gasteiger partial charge < -0.3 is 10.4 Å². The zero-order valence-electron chi connectivity index (χ0n) is 13.6. The molecule has 2 unspecified atom stereocenters. The van der Waals surface area contributed by atoms with Gasteiger partial charge in [-0.3, -0.25) is 4.79 Å². The maximum Gasteiger partial charge on any atom is 0.311 e. The van der Waals surface area contributed by atoms with Crippen LogP contribution in [0.15, 0.2) is 72.8 Å². The van der Waals surface area contributed by atoms with Crippen LogP contribution in [0.4, 0.5) is 0 Å². The van der Waals surface area contributed by atoms with Crippen LogP contribution in [0.1, 0.15) is 29.9 Å². The van der Waals surface area contributed by atoms with Gasteiger partial charge in [0.15, 0.2) is 0 Å². The molecule has 3 nitrogen and oxygen atoms in total. The first-order valence-corrected chi connectivity index (χ1v) is 8.48. The zero-order chi connectivity index (χ0) is 16.8. The standard InChI is InChI=1S/C21H23NO2/c23-21(24)18-11-12-19(22-15-18)13-14-20(16-7-3-1-4-8-16)17-9-5-2-6-10-17/h1-12,18-20,22H,13-15H2,(H,23,24). The molecule has 0 aliphatic carbocycles. The molecule has 124 valence electrons. The van der Waals surface area contributed by atoms with Gasteiger partial charge in [-0.25, -0.2) is 0 Å². The number of nitrogens with one attached hydrogen (secondary N) is 1. The number of carboxylic acid groups (broad SMARTS) is 1. The predicted octanol–water partition coefficient (Wildman–Crippen LogP) is 3.83. The number of hydrogen-bond acceptors (Lipinski definition) is 2. The molecule has 0 bridgehead atoms. The fraction of sp³-hybridized carbons (Fsp3) is 0.286. The summed E-state index contributed by atoms with van der Waals surface area (Å²) in [6.45, 7) is 0.512. The molecular weight excluding hydrogens is 298 g/mol. The lowest BCUT2D eigenvalue weighted by molar-refractivity contribution is -0.140. The van der Waals surface area contributed by atoms with Gasteiger partial charge in [-0.1, -0.05) is 72.8 Å². The van der Waals surface area contributed by atoms with E-state index >= 15 is 0 Å². The van der Waals surface area contributed by atoms with Gasteiger partial charge in [-0.2, -0.15) is 0 Å². The third-order valence-corrected chi connectivity index (χ3v) is 4.66. The maximum atomic E-state index is 11.0. The quantitative estimate of drug-likeness (QED) is 0.795. The van der Waals surface area contributed by atoms with Crippen LogP contribution in [0.2, 0.25) is 0 Å². The third kappa shape index (κ3) is 4.12. The molecular formula is C21H23NO2. The van der Waals surface area contributed by atoms with E-state index in [2.05, 4.69) is 53.8 Å². The Labute approximate surface area is 143 Å². The van der Waals surface area contributed by atoms with Gasteiger partial charge >= 0.3 is 5.97 Å². The van der Waals surface area contributed by atoms with Crippen molar-refractivity contribution in [3.05, 3.63) is 83.9 Å². The Morgan fingerprint density at radius 1 is 1.00 bits per heavy atom. The number of rotatable bonds is 6. The van der Waals surface area contributed by atoms with Crippen LogP contribution in [0.3, 0.4) is 0 Å². The fourth-order valence-electron chi connectivity index (χ4n) is 3.29. The second-order valence-corrected chi connectivity index (χ2v) is 6.30. The molecule has 3 rings (SSSR count). The van der Waals surface area contributed by atoms with Crippen molar-refractivity contribution in [1.29, 1.82) is 0 Å². The number of aliphatic carboxylic acids is 1. The van der Waals surface area contributed by atoms with Gasteiger partial charge in [-0.05, 0) is 24.0 Å². The highest BCUT2D eigenvalue weighted by Gasteiger charge is 2.21. The average Bonchev–Trinajstić information content (AvgIpc) is 2.64. The minimum atomic E-state index is -0.761. The highest BCUT2D eigenvalue weighted by atomic mass is 16.4. The minimum absolute atomic E-state index is 0.246. The van der Waals surface area contributed by atoms with Crippen molar-refractivity contribution in [3.63, 3.8) is 0 Å². The molecule has 2 aromatic rings. The van der Waals surface area contributed by atoms with Crippen molar-refractivity contribution < 1.29 is 9.90 Å². The van der Waals surface area contributed by atoms with Crippen LogP contribution in [-0.2, 0) is 4.79 Å². The minimum Gasteiger partial charge on any atom is -0.481 e. The summed E-state index contributed by atoms with van der Waals surface area (Å²) in [5.74, 6) is -0.802. The molecule has 1 aliphatic rings. The van der Waals surface area contributed by atoms with Crippen LogP contribution >= 0.6 is 0 Å². The van der Waals surface area contributed by atoms with Crippen LogP contribution in [0, 0.1) is 5.92 Å². The van der Waals surface area contributed by atoms with Crippen molar-refractivity contribution >= 4 is 5.97 Å². The van der Waals surface area contributed by atoms with E-state index in [9.17, 15) is 4.79 Å². The van der Waals surface area contributed by atoms with Crippen molar-refractivity contribution in [3.8, 4) is 0 Å². The molecule has 0 aromatic heterocycles. The number of benzene rings is 2. The Morgan fingerprint density at radius 2 is 1.58 bits per heavy atom. The summed E-state index contributed by atoms with van der Waals surface area (Å²) >= 11 is 0. The highest BCUT2D eigenvalue weighted by molar-refractivity contribution is 5.72. The third-order valence-electron chi connectivity index (χ3n) is 4.66. The molecule has 3 heteroatoms. The van der Waals surface area contributed by atoms with E-state index in [-0.39, 0.29) is 6.04 Å². The summed E-state index contributed by atoms with van der Waals surface area (Å²) in [7, 11) is 0. The molecule has 0 saturated carbocycles. The Hall–Kier alpha value is -2.39. The number of carbonyl (C=O) groups is 1. The molecule has 0 spiro atoms. The average molecular weight is 321 g/mol. The first kappa shape index (κ1) is 16.5. The Kier molecular flexibility index (Phi) is 5.44. The second kappa shape index (κ2) is 7.93. The van der Waals surface area contributed by atoms with Crippen molar-refractivity contribution in [2.75, 3.05) is 6.54 Å². The van der Waals surface area contributed by atoms with E-state index in [4.69, 9.17) is 5.11 Å². The molecule has 0 saturated heterocycles. The largest absolute Gasteiger partial charge is 0.481 e. The van der Waals surface area contributed by atoms with E-state index in [1.165, 1.54) is 11.1 Å². The topological polar surface area (TPSA) is 49.3 Å². The van der Waals surface area contributed by atoms with Crippen LogP contribution in [-0.4, -0.2) is 23.7 Å². The van der Waals surface area contributed by atoms with Gasteiger partial charge in [0.25, 0.3) is 0 Å². The summed E-state index contributed by atoms with van der Waals surface area (Å²) in [5.41, 5.74) is 2.65. The van der Waals surface area contributed by atoms with Gasteiger partial charge in [0.05, 0.1) is 5.92 Å². The fourth-order valence-corrected chi connectivity index (χ4v) is 3.29. The molecule has 2 N–H and O–H groups in total. The molecule has 0 amide bonds. The molecule has 1 heterocycles. The molecule has 0 fully saturated rings. The molecule has 24 heavy (non-hydrogen) atoms. The lowest BCUT2D eigenvalue weighted by Crippen LogP contribution is -2.38. The second-order valence-electron chi connectivity index (χ2n) is 6.30. The van der Waals surface area contributed by atoms with Crippen molar-refractivity contribution in [2.24, 2.45) is 5.92 Å². The Morgan fingerprint density at radius 3 is 2.04 bits per heavy atom. The first-order chi connectivity index (χ1) is 11.7. The van der Waals surface area contributed by atoms with Crippen LogP contribution < -0.4 is 5.32 Å². The smallest absolute Gasteiger partial charge is 0.311 e. The van der Waals surface area contributed by atoms with E-state index < -0.39 is 11.9 Å². The summed E-state index contributed by atoms with van der Waals surface area (Å²) in [4.78, 5) is 11.0. The lowest BCUT2D eigenvalue weighted by Gasteiger charge is -2.25. The summed E-state index contributed by atoms with van der Waals surface area (Å²) in [5, 5.41) is 12.4. The number of hydrogen-bond donors (Lipinski definition) is 2. The normalized spacial score (nSPS) is 20.2. The van der Waals surface area contributed by atoms with E-state index in [1.54, 1.807) is 0 Å². The molecule has 2 atom stereocenters. The van der Waals surface area contributed by atoms with Crippen molar-refractivity contribution in [2.45, 2.75) is 24.8 Å². The Balaban J connectivity index is 1.70. The summed E-state index contributed by atoms with van der Waals surface area (Å²) in [6, 6.07) is 21.4. The first-order valence-electron chi connectivity index (χ1n) is 8.48. The monoisotopic (exact) mass is 321 g/mol. The van der Waals surface area contributed by atoms with Gasteiger partial charge in [0, 0.05) is 18.5 Å². The van der Waals surface area contributed by atoms with E-state index in [0.29, 0.717) is 12.5 Å². The lowest BCUT2D eigenvalue weighted by atomic mass is 9.86. The summed E-state index contributed by atoms with van der Waals surface area (Å²) < 4.78 is 0. The van der Waals surface area contributed by atoms with E-state index in [1.807, 2.05) is 24.3 Å². The molecule has 1 aliphatic heterocycles.